The molecule has 5 rings (SSSR count). The van der Waals surface area contributed by atoms with E-state index >= 15 is 0 Å². The number of allylic oxidation sites excluding steroid dienone is 1. The molecule has 0 heterocycles. The number of hydrogen-bond donors (Lipinski definition) is 0. The zero-order chi connectivity index (χ0) is 16.8. The number of hydrogen-bond acceptors (Lipinski definition) is 0. The van der Waals surface area contributed by atoms with Gasteiger partial charge in [-0.25, -0.2) is 0 Å². The predicted octanol–water partition coefficient (Wildman–Crippen LogP) is 7.22. The molecule has 0 fully saturated rings. The molecule has 4 aromatic carbocycles. The quantitative estimate of drug-likeness (QED) is 0.279. The molecule has 0 saturated carbocycles. The minimum absolute atomic E-state index is 1.15. The maximum atomic E-state index is 2.37. The van der Waals surface area contributed by atoms with E-state index in [1.165, 1.54) is 47.4 Å². The Morgan fingerprint density at radius 2 is 1.40 bits per heavy atom. The molecule has 0 aliphatic heterocycles. The number of aryl methyl sites for hydroxylation is 1. The monoisotopic (exact) mass is 432 g/mol. The SMILES string of the molecule is Ic1ccc2cc(-c3ccc4c5c(ccc4c3)C=CCC5)ccc2c1. The van der Waals surface area contributed by atoms with E-state index in [9.17, 15) is 0 Å². The first-order valence-electron chi connectivity index (χ1n) is 8.70. The Morgan fingerprint density at radius 3 is 2.32 bits per heavy atom. The third-order valence-corrected chi connectivity index (χ3v) is 5.83. The summed E-state index contributed by atoms with van der Waals surface area (Å²) in [6, 6.07) is 24.8. The number of fused-ring (bicyclic) bond motifs is 4. The van der Waals surface area contributed by atoms with Gasteiger partial charge in [0.1, 0.15) is 0 Å². The minimum Gasteiger partial charge on any atom is -0.0836 e. The maximum Gasteiger partial charge on any atom is 0.0136 e. The fourth-order valence-electron chi connectivity index (χ4n) is 3.86. The summed E-state index contributed by atoms with van der Waals surface area (Å²) in [5.41, 5.74) is 5.46. The van der Waals surface area contributed by atoms with E-state index in [2.05, 4.69) is 101 Å². The van der Waals surface area contributed by atoms with Gasteiger partial charge in [-0.15, -0.1) is 0 Å². The molecule has 1 aliphatic rings. The van der Waals surface area contributed by atoms with Crippen LogP contribution in [-0.2, 0) is 6.42 Å². The van der Waals surface area contributed by atoms with Crippen molar-refractivity contribution in [2.45, 2.75) is 12.8 Å². The molecule has 0 aromatic heterocycles. The van der Waals surface area contributed by atoms with Gasteiger partial charge in [0.25, 0.3) is 0 Å². The minimum atomic E-state index is 1.15. The van der Waals surface area contributed by atoms with Crippen molar-refractivity contribution in [3.63, 3.8) is 0 Å². The molecule has 0 atom stereocenters. The van der Waals surface area contributed by atoms with Crippen LogP contribution in [0.2, 0.25) is 0 Å². The van der Waals surface area contributed by atoms with Gasteiger partial charge in [0.2, 0.25) is 0 Å². The van der Waals surface area contributed by atoms with Crippen LogP contribution >= 0.6 is 22.6 Å². The lowest BCUT2D eigenvalue weighted by molar-refractivity contribution is 0.997. The summed E-state index contributed by atoms with van der Waals surface area (Å²) in [6.45, 7) is 0. The summed E-state index contributed by atoms with van der Waals surface area (Å²) in [6.07, 6.45) is 6.84. The van der Waals surface area contributed by atoms with Crippen molar-refractivity contribution in [1.29, 1.82) is 0 Å². The van der Waals surface area contributed by atoms with Crippen molar-refractivity contribution < 1.29 is 0 Å². The van der Waals surface area contributed by atoms with Gasteiger partial charge in [-0.05, 0) is 103 Å². The Balaban J connectivity index is 1.66. The molecule has 120 valence electrons. The number of halogens is 1. The van der Waals surface area contributed by atoms with Gasteiger partial charge in [0.15, 0.2) is 0 Å². The van der Waals surface area contributed by atoms with Crippen molar-refractivity contribution in [3.8, 4) is 11.1 Å². The fourth-order valence-corrected chi connectivity index (χ4v) is 4.38. The van der Waals surface area contributed by atoms with Crippen molar-refractivity contribution >= 4 is 50.2 Å². The van der Waals surface area contributed by atoms with E-state index in [-0.39, 0.29) is 0 Å². The van der Waals surface area contributed by atoms with Crippen LogP contribution in [0.5, 0.6) is 0 Å². The standard InChI is InChI=1S/C24H17I/c25-22-11-9-18-13-17(6-7-20(18)15-22)19-10-12-24-21(14-19)8-5-16-3-1-2-4-23(16)24/h1,3,5-15H,2,4H2. The zero-order valence-corrected chi connectivity index (χ0v) is 16.0. The molecule has 0 radical (unpaired) electrons. The van der Waals surface area contributed by atoms with Gasteiger partial charge in [-0.2, -0.15) is 0 Å². The molecule has 1 aliphatic carbocycles. The van der Waals surface area contributed by atoms with Gasteiger partial charge in [-0.1, -0.05) is 54.6 Å². The van der Waals surface area contributed by atoms with E-state index in [1.807, 2.05) is 0 Å². The lowest BCUT2D eigenvalue weighted by Gasteiger charge is -2.14. The first kappa shape index (κ1) is 15.2. The molecule has 0 N–H and O–H groups in total. The molecular formula is C24H17I. The van der Waals surface area contributed by atoms with Crippen molar-refractivity contribution in [3.05, 3.63) is 87.5 Å². The zero-order valence-electron chi connectivity index (χ0n) is 13.8. The predicted molar refractivity (Wildman–Crippen MR) is 117 cm³/mol. The molecule has 0 amide bonds. The van der Waals surface area contributed by atoms with Crippen molar-refractivity contribution in [2.75, 3.05) is 0 Å². The Bertz CT molecular complexity index is 1150. The van der Waals surface area contributed by atoms with Crippen LogP contribution < -0.4 is 0 Å². The van der Waals surface area contributed by atoms with Crippen molar-refractivity contribution in [2.24, 2.45) is 0 Å². The highest BCUT2D eigenvalue weighted by Crippen LogP contribution is 2.32. The van der Waals surface area contributed by atoms with Crippen LogP contribution in [0, 0.1) is 3.57 Å². The normalized spacial score (nSPS) is 13.3. The van der Waals surface area contributed by atoms with Gasteiger partial charge in [-0.3, -0.25) is 0 Å². The number of rotatable bonds is 1. The van der Waals surface area contributed by atoms with Crippen molar-refractivity contribution in [1.82, 2.24) is 0 Å². The summed E-state index contributed by atoms with van der Waals surface area (Å²) in [7, 11) is 0. The summed E-state index contributed by atoms with van der Waals surface area (Å²) in [5, 5.41) is 5.35. The van der Waals surface area contributed by atoms with E-state index in [4.69, 9.17) is 0 Å². The highest BCUT2D eigenvalue weighted by molar-refractivity contribution is 14.1. The second-order valence-electron chi connectivity index (χ2n) is 6.72. The smallest absolute Gasteiger partial charge is 0.0136 e. The molecule has 0 bridgehead atoms. The van der Waals surface area contributed by atoms with E-state index < -0.39 is 0 Å². The van der Waals surface area contributed by atoms with Crippen LogP contribution in [0.15, 0.2) is 72.8 Å². The third-order valence-electron chi connectivity index (χ3n) is 5.16. The average Bonchev–Trinajstić information content (AvgIpc) is 2.67. The molecule has 25 heavy (non-hydrogen) atoms. The van der Waals surface area contributed by atoms with Crippen LogP contribution in [0.4, 0.5) is 0 Å². The summed E-state index contributed by atoms with van der Waals surface area (Å²) >= 11 is 2.37. The Kier molecular flexibility index (Phi) is 3.63. The molecule has 0 saturated heterocycles. The Labute approximate surface area is 161 Å². The van der Waals surface area contributed by atoms with Crippen LogP contribution in [0.25, 0.3) is 38.7 Å². The third kappa shape index (κ3) is 2.67. The van der Waals surface area contributed by atoms with E-state index in [1.54, 1.807) is 0 Å². The maximum absolute atomic E-state index is 2.37. The van der Waals surface area contributed by atoms with Crippen LogP contribution in [0.1, 0.15) is 17.5 Å². The number of benzene rings is 4. The van der Waals surface area contributed by atoms with E-state index in [0.717, 1.165) is 12.8 Å². The second-order valence-corrected chi connectivity index (χ2v) is 7.96. The second kappa shape index (κ2) is 5.99. The first-order chi connectivity index (χ1) is 12.3. The molecule has 0 spiro atoms. The van der Waals surface area contributed by atoms with Gasteiger partial charge in [0, 0.05) is 3.57 Å². The summed E-state index contributed by atoms with van der Waals surface area (Å²) < 4.78 is 1.28. The van der Waals surface area contributed by atoms with Crippen LogP contribution in [-0.4, -0.2) is 0 Å². The molecule has 1 heteroatoms. The molecule has 4 aromatic rings. The fraction of sp³-hybridized carbons (Fsp3) is 0.0833. The average molecular weight is 432 g/mol. The lowest BCUT2D eigenvalue weighted by atomic mass is 9.90. The van der Waals surface area contributed by atoms with Gasteiger partial charge < -0.3 is 0 Å². The molecule has 0 unspecified atom stereocenters. The summed E-state index contributed by atoms with van der Waals surface area (Å²) in [4.78, 5) is 0. The Morgan fingerprint density at radius 1 is 0.680 bits per heavy atom. The molecule has 0 nitrogen and oxygen atoms in total. The summed E-state index contributed by atoms with van der Waals surface area (Å²) in [5.74, 6) is 0. The van der Waals surface area contributed by atoms with E-state index in [0.29, 0.717) is 0 Å². The highest BCUT2D eigenvalue weighted by Gasteiger charge is 2.10. The van der Waals surface area contributed by atoms with Gasteiger partial charge >= 0.3 is 0 Å². The Hall–Kier alpha value is -2.13. The largest absolute Gasteiger partial charge is 0.0836 e. The molecular weight excluding hydrogens is 415 g/mol. The van der Waals surface area contributed by atoms with Crippen LogP contribution in [0.3, 0.4) is 0 Å². The van der Waals surface area contributed by atoms with Gasteiger partial charge in [0.05, 0.1) is 0 Å². The lowest BCUT2D eigenvalue weighted by Crippen LogP contribution is -1.95. The topological polar surface area (TPSA) is 0 Å². The highest BCUT2D eigenvalue weighted by atomic mass is 127. The first-order valence-corrected chi connectivity index (χ1v) is 9.78.